The molecule has 0 amide bonds. The molecule has 0 unspecified atom stereocenters. The van der Waals surface area contributed by atoms with E-state index >= 15 is 0 Å². The van der Waals surface area contributed by atoms with Gasteiger partial charge in [-0.2, -0.15) is 0 Å². The van der Waals surface area contributed by atoms with Gasteiger partial charge in [-0.25, -0.2) is 0 Å². The van der Waals surface area contributed by atoms with E-state index in [4.69, 9.17) is 7.33 Å². The number of fused-ring (bicyclic) bond motifs is 3. The molecular weight excluding hydrogens is 191 g/mol. The first-order valence-corrected chi connectivity index (χ1v) is 5.52. The minimum absolute atomic E-state index is 0.733. The van der Waals surface area contributed by atoms with Gasteiger partial charge < -0.3 is 0 Å². The number of benzene rings is 2. The van der Waals surface area contributed by atoms with Crippen LogP contribution in [0.5, 0.6) is 0 Å². The van der Waals surface area contributed by atoms with Crippen LogP contribution in [0.1, 0.15) is 16.7 Å². The summed E-state index contributed by atoms with van der Waals surface area (Å²) < 4.78 is 0. The molecule has 2 aromatic rings. The Bertz CT molecular complexity index is 591. The number of hydrogen-bond donors (Lipinski definition) is 0. The minimum atomic E-state index is 0.733. The van der Waals surface area contributed by atoms with Crippen molar-refractivity contribution in [3.63, 3.8) is 0 Å². The van der Waals surface area contributed by atoms with Crippen LogP contribution in [0.25, 0.3) is 11.1 Å². The third-order valence-corrected chi connectivity index (χ3v) is 3.24. The fraction of sp³-hybridized carbons (Fsp3) is 0.133. The van der Waals surface area contributed by atoms with Gasteiger partial charge in [0.25, 0.3) is 0 Å². The van der Waals surface area contributed by atoms with Gasteiger partial charge in [0.15, 0.2) is 0 Å². The van der Waals surface area contributed by atoms with Crippen LogP contribution in [-0.4, -0.2) is 7.33 Å². The SMILES string of the molecule is B#CCc1cccc2c1Cc1ccccc1-2. The average Bonchev–Trinajstić information content (AvgIpc) is 2.69. The molecule has 1 aliphatic rings. The first-order chi connectivity index (χ1) is 7.90. The van der Waals surface area contributed by atoms with Crippen molar-refractivity contribution in [1.82, 2.24) is 0 Å². The first kappa shape index (κ1) is 9.51. The summed E-state index contributed by atoms with van der Waals surface area (Å²) in [5.41, 5.74) is 6.87. The van der Waals surface area contributed by atoms with Crippen molar-refractivity contribution in [1.29, 1.82) is 0 Å². The molecule has 0 nitrogen and oxygen atoms in total. The van der Waals surface area contributed by atoms with Crippen LogP contribution >= 0.6 is 0 Å². The van der Waals surface area contributed by atoms with Gasteiger partial charge in [0.1, 0.15) is 0 Å². The Kier molecular flexibility index (Phi) is 2.20. The van der Waals surface area contributed by atoms with Crippen molar-refractivity contribution in [3.05, 3.63) is 59.2 Å². The van der Waals surface area contributed by atoms with Gasteiger partial charge in [0.05, 0.1) is 0 Å². The fourth-order valence-corrected chi connectivity index (χ4v) is 2.50. The number of hydrogen-bond acceptors (Lipinski definition) is 0. The third-order valence-electron chi connectivity index (χ3n) is 3.24. The van der Waals surface area contributed by atoms with E-state index < -0.39 is 0 Å². The van der Waals surface area contributed by atoms with E-state index in [-0.39, 0.29) is 0 Å². The molecular formula is C15H11B. The standard InChI is InChI=1S/C15H11B/c16-9-8-11-5-3-7-14-13-6-2-1-4-12(13)10-15(11)14/h1-7H,8,10H2. The van der Waals surface area contributed by atoms with E-state index in [9.17, 15) is 0 Å². The van der Waals surface area contributed by atoms with E-state index in [1.165, 1.54) is 27.8 Å². The van der Waals surface area contributed by atoms with Gasteiger partial charge in [0.2, 0.25) is 0 Å². The Morgan fingerprint density at radius 1 is 1.00 bits per heavy atom. The van der Waals surface area contributed by atoms with Gasteiger partial charge in [-0.3, -0.25) is 0 Å². The second kappa shape index (κ2) is 3.70. The van der Waals surface area contributed by atoms with Crippen molar-refractivity contribution in [2.24, 2.45) is 0 Å². The maximum absolute atomic E-state index is 5.41. The van der Waals surface area contributed by atoms with Gasteiger partial charge in [-0.1, -0.05) is 0 Å². The molecule has 0 heterocycles. The van der Waals surface area contributed by atoms with Crippen LogP contribution in [0.3, 0.4) is 0 Å². The summed E-state index contributed by atoms with van der Waals surface area (Å²) in [4.78, 5) is 0. The van der Waals surface area contributed by atoms with Gasteiger partial charge >= 0.3 is 96.3 Å². The van der Waals surface area contributed by atoms with Crippen molar-refractivity contribution >= 4 is 7.33 Å². The molecule has 0 fully saturated rings. The quantitative estimate of drug-likeness (QED) is 0.532. The molecule has 0 bridgehead atoms. The first-order valence-electron chi connectivity index (χ1n) is 5.52. The van der Waals surface area contributed by atoms with E-state index in [1.54, 1.807) is 0 Å². The summed E-state index contributed by atoms with van der Waals surface area (Å²) in [5.74, 6) is 2.74. The van der Waals surface area contributed by atoms with Gasteiger partial charge in [-0.05, 0) is 0 Å². The summed E-state index contributed by atoms with van der Waals surface area (Å²) in [6.07, 6.45) is 1.76. The molecule has 0 atom stereocenters. The Labute approximate surface area is 96.7 Å². The monoisotopic (exact) mass is 202 g/mol. The van der Waals surface area contributed by atoms with Crippen LogP contribution in [-0.2, 0) is 12.8 Å². The molecule has 0 aliphatic heterocycles. The van der Waals surface area contributed by atoms with Crippen molar-refractivity contribution in [2.45, 2.75) is 12.8 Å². The Hall–Kier alpha value is -1.72. The maximum atomic E-state index is 5.41. The Balaban J connectivity index is 2.20. The molecule has 0 saturated carbocycles. The van der Waals surface area contributed by atoms with E-state index in [0.29, 0.717) is 0 Å². The molecule has 1 heteroatoms. The van der Waals surface area contributed by atoms with Crippen LogP contribution < -0.4 is 0 Å². The third kappa shape index (κ3) is 1.33. The van der Waals surface area contributed by atoms with Crippen molar-refractivity contribution in [2.75, 3.05) is 0 Å². The summed E-state index contributed by atoms with van der Waals surface area (Å²) in [7, 11) is 5.41. The zero-order valence-electron chi connectivity index (χ0n) is 9.03. The van der Waals surface area contributed by atoms with Gasteiger partial charge in [0, 0.05) is 0 Å². The Morgan fingerprint density at radius 3 is 2.69 bits per heavy atom. The van der Waals surface area contributed by atoms with Crippen LogP contribution in [0.15, 0.2) is 42.5 Å². The normalized spacial score (nSPS) is 11.9. The summed E-state index contributed by atoms with van der Waals surface area (Å²) in [6, 6.07) is 15.0. The van der Waals surface area contributed by atoms with Crippen LogP contribution in [0.4, 0.5) is 0 Å². The summed E-state index contributed by atoms with van der Waals surface area (Å²) >= 11 is 0. The summed E-state index contributed by atoms with van der Waals surface area (Å²) in [5, 5.41) is 0. The molecule has 0 spiro atoms. The predicted octanol–water partition coefficient (Wildman–Crippen LogP) is 2.93. The van der Waals surface area contributed by atoms with Crippen LogP contribution in [0.2, 0.25) is 0 Å². The average molecular weight is 202 g/mol. The van der Waals surface area contributed by atoms with Crippen molar-refractivity contribution in [3.8, 4) is 16.9 Å². The molecule has 0 N–H and O–H groups in total. The molecule has 0 saturated heterocycles. The zero-order valence-corrected chi connectivity index (χ0v) is 9.03. The fourth-order valence-electron chi connectivity index (χ4n) is 2.50. The number of rotatable bonds is 1. The predicted molar refractivity (Wildman–Crippen MR) is 68.0 cm³/mol. The molecule has 2 aromatic carbocycles. The van der Waals surface area contributed by atoms with E-state index in [2.05, 4.69) is 48.3 Å². The topological polar surface area (TPSA) is 0 Å². The van der Waals surface area contributed by atoms with E-state index in [1.807, 2.05) is 0 Å². The Morgan fingerprint density at radius 2 is 1.81 bits per heavy atom. The molecule has 3 rings (SSSR count). The molecule has 0 radical (unpaired) electrons. The molecule has 74 valence electrons. The zero-order chi connectivity index (χ0) is 11.0. The van der Waals surface area contributed by atoms with E-state index in [0.717, 1.165) is 12.8 Å². The second-order valence-corrected chi connectivity index (χ2v) is 4.16. The molecule has 1 aliphatic carbocycles. The van der Waals surface area contributed by atoms with Crippen molar-refractivity contribution < 1.29 is 0 Å². The molecule has 0 aromatic heterocycles. The summed E-state index contributed by atoms with van der Waals surface area (Å²) in [6.45, 7) is 0. The van der Waals surface area contributed by atoms with Gasteiger partial charge in [-0.15, -0.1) is 0 Å². The molecule has 16 heavy (non-hydrogen) atoms. The second-order valence-electron chi connectivity index (χ2n) is 4.16. The van der Waals surface area contributed by atoms with Crippen LogP contribution in [0, 0.1) is 5.80 Å².